The first-order chi connectivity index (χ1) is 19.9. The van der Waals surface area contributed by atoms with Gasteiger partial charge >= 0.3 is 0 Å². The van der Waals surface area contributed by atoms with Gasteiger partial charge in [0.1, 0.15) is 11.5 Å². The molecule has 40 heavy (non-hydrogen) atoms. The predicted molar refractivity (Wildman–Crippen MR) is 163 cm³/mol. The van der Waals surface area contributed by atoms with Crippen molar-refractivity contribution < 1.29 is 0 Å². The lowest BCUT2D eigenvalue weighted by molar-refractivity contribution is 1.09. The second-order valence-electron chi connectivity index (χ2n) is 10.1. The molecule has 0 radical (unpaired) electrons. The van der Waals surface area contributed by atoms with Gasteiger partial charge in [-0.15, -0.1) is 0 Å². The van der Waals surface area contributed by atoms with Crippen LogP contribution in [0.1, 0.15) is 0 Å². The van der Waals surface area contributed by atoms with Gasteiger partial charge in [-0.3, -0.25) is 14.0 Å². The van der Waals surface area contributed by atoms with Crippen LogP contribution in [-0.2, 0) is 0 Å². The van der Waals surface area contributed by atoms with E-state index in [-0.39, 0.29) is 0 Å². The molecule has 0 aliphatic rings. The molecule has 0 bridgehead atoms. The Bertz CT molecular complexity index is 2430. The van der Waals surface area contributed by atoms with Gasteiger partial charge in [0.05, 0.1) is 38.7 Å². The molecule has 0 spiro atoms. The Morgan fingerprint density at radius 3 is 2.12 bits per heavy atom. The molecule has 5 heteroatoms. The highest BCUT2D eigenvalue weighted by molar-refractivity contribution is 6.27. The number of pyridine rings is 3. The molecule has 5 nitrogen and oxygen atoms in total. The molecule has 0 saturated heterocycles. The van der Waals surface area contributed by atoms with Crippen LogP contribution in [-0.4, -0.2) is 23.9 Å². The quantitative estimate of drug-likeness (QED) is 0.219. The van der Waals surface area contributed by atoms with E-state index in [0.29, 0.717) is 0 Å². The number of para-hydroxylation sites is 4. The fraction of sp³-hybridized carbons (Fsp3) is 0. The van der Waals surface area contributed by atoms with Crippen molar-refractivity contribution in [1.82, 2.24) is 23.9 Å². The van der Waals surface area contributed by atoms with Gasteiger partial charge in [0, 0.05) is 34.1 Å². The van der Waals surface area contributed by atoms with Crippen LogP contribution in [0.25, 0.3) is 77.2 Å². The maximum absolute atomic E-state index is 5.23. The van der Waals surface area contributed by atoms with Gasteiger partial charge in [-0.2, -0.15) is 0 Å². The number of fused-ring (bicyclic) bond motifs is 12. The fourth-order valence-corrected chi connectivity index (χ4v) is 6.30. The second kappa shape index (κ2) is 7.98. The summed E-state index contributed by atoms with van der Waals surface area (Å²) < 4.78 is 4.62. The van der Waals surface area contributed by atoms with Crippen molar-refractivity contribution in [3.8, 4) is 17.1 Å². The first kappa shape index (κ1) is 21.4. The van der Waals surface area contributed by atoms with Crippen molar-refractivity contribution in [2.24, 2.45) is 0 Å². The molecule has 9 aromatic rings. The highest BCUT2D eigenvalue weighted by Crippen LogP contribution is 2.41. The van der Waals surface area contributed by atoms with E-state index >= 15 is 0 Å². The minimum Gasteiger partial charge on any atom is -0.293 e. The Kier molecular flexibility index (Phi) is 4.27. The van der Waals surface area contributed by atoms with Gasteiger partial charge in [-0.1, -0.05) is 66.7 Å². The molecule has 5 aromatic heterocycles. The van der Waals surface area contributed by atoms with Crippen LogP contribution in [0, 0.1) is 0 Å². The van der Waals surface area contributed by atoms with Crippen molar-refractivity contribution >= 4 is 60.2 Å². The number of hydrogen-bond donors (Lipinski definition) is 0. The molecule has 0 amide bonds. The van der Waals surface area contributed by atoms with E-state index in [1.807, 2.05) is 24.4 Å². The predicted octanol–water partition coefficient (Wildman–Crippen LogP) is 8.35. The molecule has 4 aromatic carbocycles. The number of rotatable bonds is 2. The molecule has 9 rings (SSSR count). The van der Waals surface area contributed by atoms with E-state index in [0.717, 1.165) is 55.7 Å². The van der Waals surface area contributed by atoms with Crippen molar-refractivity contribution in [3.63, 3.8) is 0 Å². The molecule has 0 N–H and O–H groups in total. The number of benzene rings is 4. The molecule has 0 unspecified atom stereocenters. The minimum atomic E-state index is 0.863. The third-order valence-corrected chi connectivity index (χ3v) is 7.98. The van der Waals surface area contributed by atoms with Crippen molar-refractivity contribution in [2.75, 3.05) is 0 Å². The van der Waals surface area contributed by atoms with Crippen LogP contribution in [0.4, 0.5) is 0 Å². The smallest absolute Gasteiger partial charge is 0.148 e. The summed E-state index contributed by atoms with van der Waals surface area (Å²) in [5, 5.41) is 5.87. The zero-order valence-corrected chi connectivity index (χ0v) is 21.4. The van der Waals surface area contributed by atoms with Crippen LogP contribution in [0.3, 0.4) is 0 Å². The maximum atomic E-state index is 5.23. The highest BCUT2D eigenvalue weighted by atomic mass is 15.1. The van der Waals surface area contributed by atoms with Gasteiger partial charge in [0.15, 0.2) is 0 Å². The normalized spacial score (nSPS) is 12.0. The average molecular weight is 512 g/mol. The topological polar surface area (TPSA) is 48.0 Å². The lowest BCUT2D eigenvalue weighted by Gasteiger charge is -2.13. The van der Waals surface area contributed by atoms with Crippen molar-refractivity contribution in [3.05, 3.63) is 128 Å². The standard InChI is InChI=1S/C35H21N5/c1-4-14-29-23(10-1)25-18-19-26-24-11-2-5-15-30(24)40(32-17-7-13-27(37-32)22-9-8-20-36-21-22)34(26)33(25)35-38-28-12-3-6-16-31(28)39(29)35/h1-21H. The third kappa shape index (κ3) is 2.83. The molecular formula is C35H21N5. The highest BCUT2D eigenvalue weighted by Gasteiger charge is 2.21. The van der Waals surface area contributed by atoms with E-state index in [4.69, 9.17) is 9.97 Å². The van der Waals surface area contributed by atoms with Crippen LogP contribution >= 0.6 is 0 Å². The molecule has 5 heterocycles. The Hall–Kier alpha value is -5.55. The SMILES string of the molecule is c1cncc(-c2cccc(-n3c4ccccc4c4ccc5c6ccccc6n6c7ccccc7nc6c5c43)n2)c1. The Morgan fingerprint density at radius 1 is 0.525 bits per heavy atom. The zero-order chi connectivity index (χ0) is 26.2. The number of hydrogen-bond acceptors (Lipinski definition) is 3. The molecule has 186 valence electrons. The summed E-state index contributed by atoms with van der Waals surface area (Å²) in [5.74, 6) is 0.863. The molecular weight excluding hydrogens is 490 g/mol. The molecule has 0 saturated carbocycles. The van der Waals surface area contributed by atoms with Gasteiger partial charge in [0.25, 0.3) is 0 Å². The van der Waals surface area contributed by atoms with E-state index in [1.54, 1.807) is 6.20 Å². The molecule has 0 aliphatic carbocycles. The lowest BCUT2D eigenvalue weighted by Crippen LogP contribution is -2.00. The summed E-state index contributed by atoms with van der Waals surface area (Å²) in [6, 6.07) is 40.3. The Labute approximate surface area is 228 Å². The molecule has 0 fully saturated rings. The van der Waals surface area contributed by atoms with E-state index < -0.39 is 0 Å². The Morgan fingerprint density at radius 2 is 1.27 bits per heavy atom. The van der Waals surface area contributed by atoms with Gasteiger partial charge in [0.2, 0.25) is 0 Å². The van der Waals surface area contributed by atoms with E-state index in [2.05, 4.69) is 111 Å². The van der Waals surface area contributed by atoms with E-state index in [9.17, 15) is 0 Å². The number of aromatic nitrogens is 5. The summed E-state index contributed by atoms with van der Waals surface area (Å²) in [5.41, 5.74) is 8.29. The fourth-order valence-electron chi connectivity index (χ4n) is 6.30. The third-order valence-electron chi connectivity index (χ3n) is 7.98. The van der Waals surface area contributed by atoms with Crippen molar-refractivity contribution in [1.29, 1.82) is 0 Å². The van der Waals surface area contributed by atoms with E-state index in [1.165, 1.54) is 21.5 Å². The zero-order valence-electron chi connectivity index (χ0n) is 21.4. The second-order valence-corrected chi connectivity index (χ2v) is 10.1. The van der Waals surface area contributed by atoms with Gasteiger partial charge in [-0.25, -0.2) is 9.97 Å². The first-order valence-corrected chi connectivity index (χ1v) is 13.4. The summed E-state index contributed by atoms with van der Waals surface area (Å²) in [6.07, 6.45) is 3.65. The summed E-state index contributed by atoms with van der Waals surface area (Å²) in [4.78, 5) is 14.7. The van der Waals surface area contributed by atoms with Crippen LogP contribution in [0.2, 0.25) is 0 Å². The van der Waals surface area contributed by atoms with Gasteiger partial charge < -0.3 is 0 Å². The van der Waals surface area contributed by atoms with Crippen LogP contribution < -0.4 is 0 Å². The first-order valence-electron chi connectivity index (χ1n) is 13.4. The largest absolute Gasteiger partial charge is 0.293 e. The van der Waals surface area contributed by atoms with Gasteiger partial charge in [-0.05, 0) is 53.9 Å². The summed E-state index contributed by atoms with van der Waals surface area (Å²) >= 11 is 0. The monoisotopic (exact) mass is 511 g/mol. The summed E-state index contributed by atoms with van der Waals surface area (Å²) in [6.45, 7) is 0. The van der Waals surface area contributed by atoms with Crippen LogP contribution in [0.15, 0.2) is 128 Å². The molecule has 0 aliphatic heterocycles. The molecule has 0 atom stereocenters. The number of nitrogens with zero attached hydrogens (tertiary/aromatic N) is 5. The minimum absolute atomic E-state index is 0.863. The maximum Gasteiger partial charge on any atom is 0.148 e. The number of imidazole rings is 1. The average Bonchev–Trinajstić information content (AvgIpc) is 3.58. The van der Waals surface area contributed by atoms with Crippen LogP contribution in [0.5, 0.6) is 0 Å². The van der Waals surface area contributed by atoms with Crippen molar-refractivity contribution in [2.45, 2.75) is 0 Å². The lowest BCUT2D eigenvalue weighted by atomic mass is 10.0. The Balaban J connectivity index is 1.53. The summed E-state index contributed by atoms with van der Waals surface area (Å²) in [7, 11) is 0.